The van der Waals surface area contributed by atoms with Crippen LogP contribution < -0.4 is 10.6 Å². The lowest BCUT2D eigenvalue weighted by atomic mass is 9.80. The molecule has 0 aromatic heterocycles. The molecule has 150 valence electrons. The molecule has 1 aromatic carbocycles. The second-order valence-electron chi connectivity index (χ2n) is 6.38. The molecule has 2 rings (SSSR count). The van der Waals surface area contributed by atoms with E-state index in [4.69, 9.17) is 9.47 Å². The maximum Gasteiger partial charge on any atom is 0.336 e. The molecule has 0 radical (unpaired) electrons. The van der Waals surface area contributed by atoms with E-state index in [-0.39, 0.29) is 19.1 Å². The molecule has 7 nitrogen and oxygen atoms in total. The number of carbonyl (C=O) groups excluding carboxylic acids is 3. The second-order valence-corrected chi connectivity index (χ2v) is 6.38. The van der Waals surface area contributed by atoms with E-state index in [2.05, 4.69) is 10.6 Å². The van der Waals surface area contributed by atoms with Crippen LogP contribution in [-0.4, -0.2) is 31.1 Å². The Morgan fingerprint density at radius 3 is 1.79 bits per heavy atom. The number of amides is 1. The highest BCUT2D eigenvalue weighted by molar-refractivity contribution is 6.00. The van der Waals surface area contributed by atoms with Crippen LogP contribution >= 0.6 is 0 Å². The van der Waals surface area contributed by atoms with Crippen molar-refractivity contribution in [3.05, 3.63) is 52.4 Å². The molecule has 2 N–H and O–H groups in total. The monoisotopic (exact) mass is 386 g/mol. The predicted molar refractivity (Wildman–Crippen MR) is 105 cm³/mol. The Morgan fingerprint density at radius 1 is 0.929 bits per heavy atom. The highest BCUT2D eigenvalue weighted by Crippen LogP contribution is 2.39. The average molecular weight is 386 g/mol. The highest BCUT2D eigenvalue weighted by Gasteiger charge is 2.37. The van der Waals surface area contributed by atoms with E-state index in [0.29, 0.717) is 28.2 Å². The van der Waals surface area contributed by atoms with Crippen LogP contribution in [-0.2, 0) is 23.9 Å². The van der Waals surface area contributed by atoms with Gasteiger partial charge in [0, 0.05) is 24.0 Å². The molecule has 1 aromatic rings. The summed E-state index contributed by atoms with van der Waals surface area (Å²) in [5.74, 6) is -1.79. The van der Waals surface area contributed by atoms with Crippen molar-refractivity contribution in [3.8, 4) is 0 Å². The van der Waals surface area contributed by atoms with Gasteiger partial charge in [-0.1, -0.05) is 12.1 Å². The van der Waals surface area contributed by atoms with Gasteiger partial charge in [0.2, 0.25) is 5.91 Å². The van der Waals surface area contributed by atoms with Gasteiger partial charge >= 0.3 is 11.9 Å². The van der Waals surface area contributed by atoms with Gasteiger partial charge in [0.1, 0.15) is 0 Å². The van der Waals surface area contributed by atoms with E-state index in [1.165, 1.54) is 6.92 Å². The molecule has 0 atom stereocenters. The summed E-state index contributed by atoms with van der Waals surface area (Å²) in [7, 11) is 0. The van der Waals surface area contributed by atoms with Crippen LogP contribution in [0.25, 0.3) is 0 Å². The lowest BCUT2D eigenvalue weighted by Crippen LogP contribution is -2.32. The van der Waals surface area contributed by atoms with Gasteiger partial charge in [0.25, 0.3) is 0 Å². The molecule has 0 spiro atoms. The van der Waals surface area contributed by atoms with Crippen LogP contribution in [0.4, 0.5) is 5.69 Å². The molecule has 0 saturated carbocycles. The number of allylic oxidation sites excluding steroid dienone is 2. The van der Waals surface area contributed by atoms with Gasteiger partial charge in [-0.15, -0.1) is 0 Å². The Balaban J connectivity index is 2.57. The van der Waals surface area contributed by atoms with Gasteiger partial charge in [0.15, 0.2) is 0 Å². The van der Waals surface area contributed by atoms with Crippen LogP contribution in [0.2, 0.25) is 0 Å². The Hall–Kier alpha value is -3.09. The van der Waals surface area contributed by atoms with Crippen molar-refractivity contribution in [3.63, 3.8) is 0 Å². The minimum absolute atomic E-state index is 0.180. The quantitative estimate of drug-likeness (QED) is 0.730. The number of esters is 2. The summed E-state index contributed by atoms with van der Waals surface area (Å²) in [6, 6.07) is 7.02. The molecule has 0 aliphatic carbocycles. The maximum absolute atomic E-state index is 12.7. The third kappa shape index (κ3) is 4.60. The van der Waals surface area contributed by atoms with Crippen LogP contribution in [0.1, 0.15) is 46.1 Å². The lowest BCUT2D eigenvalue weighted by Gasteiger charge is -2.30. The van der Waals surface area contributed by atoms with E-state index in [1.807, 2.05) is 0 Å². The predicted octanol–water partition coefficient (Wildman–Crippen LogP) is 3.01. The summed E-state index contributed by atoms with van der Waals surface area (Å²) in [6.07, 6.45) is 0. The van der Waals surface area contributed by atoms with E-state index in [0.717, 1.165) is 5.56 Å². The summed E-state index contributed by atoms with van der Waals surface area (Å²) in [5.41, 5.74) is 3.33. The van der Waals surface area contributed by atoms with Crippen molar-refractivity contribution in [2.45, 2.75) is 40.5 Å². The molecule has 28 heavy (non-hydrogen) atoms. The maximum atomic E-state index is 12.7. The van der Waals surface area contributed by atoms with Crippen molar-refractivity contribution < 1.29 is 23.9 Å². The zero-order valence-electron chi connectivity index (χ0n) is 16.8. The third-order valence-corrected chi connectivity index (χ3v) is 4.32. The number of carbonyl (C=O) groups is 3. The van der Waals surface area contributed by atoms with Crippen LogP contribution in [0.5, 0.6) is 0 Å². The summed E-state index contributed by atoms with van der Waals surface area (Å²) in [5, 5.41) is 5.80. The number of nitrogens with one attached hydrogen (secondary N) is 2. The van der Waals surface area contributed by atoms with Crippen molar-refractivity contribution in [1.29, 1.82) is 0 Å². The van der Waals surface area contributed by atoms with Gasteiger partial charge < -0.3 is 20.1 Å². The summed E-state index contributed by atoms with van der Waals surface area (Å²) in [4.78, 5) is 36.6. The van der Waals surface area contributed by atoms with E-state index < -0.39 is 17.9 Å². The number of benzene rings is 1. The number of anilines is 1. The molecule has 7 heteroatoms. The van der Waals surface area contributed by atoms with Gasteiger partial charge in [-0.2, -0.15) is 0 Å². The molecule has 0 fully saturated rings. The highest BCUT2D eigenvalue weighted by atomic mass is 16.5. The summed E-state index contributed by atoms with van der Waals surface area (Å²) >= 11 is 0. The third-order valence-electron chi connectivity index (χ3n) is 4.32. The molecule has 0 saturated heterocycles. The van der Waals surface area contributed by atoms with Crippen molar-refractivity contribution >= 4 is 23.5 Å². The van der Waals surface area contributed by atoms with Gasteiger partial charge in [0.05, 0.1) is 30.3 Å². The number of ether oxygens (including phenoxy) is 2. The molecule has 1 aliphatic rings. The topological polar surface area (TPSA) is 93.7 Å². The Morgan fingerprint density at radius 2 is 1.39 bits per heavy atom. The number of hydrogen-bond acceptors (Lipinski definition) is 6. The molecule has 0 unspecified atom stereocenters. The van der Waals surface area contributed by atoms with E-state index in [1.54, 1.807) is 52.0 Å². The van der Waals surface area contributed by atoms with Crippen LogP contribution in [0.15, 0.2) is 46.8 Å². The van der Waals surface area contributed by atoms with Gasteiger partial charge in [-0.3, -0.25) is 4.79 Å². The number of hydrogen-bond donors (Lipinski definition) is 2. The largest absolute Gasteiger partial charge is 0.463 e. The first-order chi connectivity index (χ1) is 13.3. The SMILES string of the molecule is CCOC(=O)C1=C(C)NC(C)=C(C(=O)OCC)C1c1ccc(NC(C)=O)cc1. The van der Waals surface area contributed by atoms with Crippen LogP contribution in [0.3, 0.4) is 0 Å². The first kappa shape index (κ1) is 21.2. The lowest BCUT2D eigenvalue weighted by molar-refractivity contribution is -0.139. The molecule has 1 amide bonds. The van der Waals surface area contributed by atoms with Crippen molar-refractivity contribution in [2.75, 3.05) is 18.5 Å². The van der Waals surface area contributed by atoms with Crippen LogP contribution in [0, 0.1) is 0 Å². The Bertz CT molecular complexity index is 797. The van der Waals surface area contributed by atoms with Crippen molar-refractivity contribution in [2.24, 2.45) is 0 Å². The normalized spacial score (nSPS) is 14.5. The number of dihydropyridines is 1. The van der Waals surface area contributed by atoms with Gasteiger partial charge in [-0.05, 0) is 45.4 Å². The standard InChI is InChI=1S/C21H26N2O5/c1-6-27-20(25)17-12(3)22-13(4)18(21(26)28-7-2)19(17)15-8-10-16(11-9-15)23-14(5)24/h8-11,19,22H,6-7H2,1-5H3,(H,23,24). The van der Waals surface area contributed by atoms with Gasteiger partial charge in [-0.25, -0.2) is 9.59 Å². The average Bonchev–Trinajstić information content (AvgIpc) is 2.61. The smallest absolute Gasteiger partial charge is 0.336 e. The fourth-order valence-corrected chi connectivity index (χ4v) is 3.25. The van der Waals surface area contributed by atoms with E-state index in [9.17, 15) is 14.4 Å². The molecule has 1 heterocycles. The van der Waals surface area contributed by atoms with Crippen molar-refractivity contribution in [1.82, 2.24) is 5.32 Å². The first-order valence-corrected chi connectivity index (χ1v) is 9.20. The number of rotatable bonds is 6. The fourth-order valence-electron chi connectivity index (χ4n) is 3.25. The molecule has 0 bridgehead atoms. The minimum Gasteiger partial charge on any atom is -0.463 e. The molecular weight excluding hydrogens is 360 g/mol. The molecular formula is C21H26N2O5. The zero-order valence-corrected chi connectivity index (χ0v) is 16.8. The first-order valence-electron chi connectivity index (χ1n) is 9.20. The summed E-state index contributed by atoms with van der Waals surface area (Å²) in [6.45, 7) is 8.88. The fraction of sp³-hybridized carbons (Fsp3) is 0.381. The zero-order chi connectivity index (χ0) is 20.8. The Kier molecular flexibility index (Phi) is 6.98. The minimum atomic E-state index is -0.634. The van der Waals surface area contributed by atoms with E-state index >= 15 is 0 Å². The molecule has 1 aliphatic heterocycles. The Labute approximate surface area is 164 Å². The summed E-state index contributed by atoms with van der Waals surface area (Å²) < 4.78 is 10.5. The second kappa shape index (κ2) is 9.21.